The molecule has 0 aliphatic heterocycles. The Balaban J connectivity index is 2.10. The van der Waals surface area contributed by atoms with Crippen molar-refractivity contribution in [2.45, 2.75) is 6.92 Å². The number of esters is 1. The number of rotatable bonds is 5. The highest BCUT2D eigenvalue weighted by atomic mass is 16.6. The monoisotopic (exact) mass is 283 g/mol. The van der Waals surface area contributed by atoms with Gasteiger partial charge in [0.1, 0.15) is 24.8 Å². The van der Waals surface area contributed by atoms with Crippen LogP contribution in [0.5, 0.6) is 5.88 Å². The Labute approximate surface area is 122 Å². The molecule has 2 aromatic rings. The smallest absolute Gasteiger partial charge is 0.302 e. The molecule has 0 aromatic carbocycles. The lowest BCUT2D eigenvalue weighted by Crippen LogP contribution is -2.10. The summed E-state index contributed by atoms with van der Waals surface area (Å²) >= 11 is 0. The molecule has 0 atom stereocenters. The molecule has 2 aromatic heterocycles. The fourth-order valence-corrected chi connectivity index (χ4v) is 1.67. The van der Waals surface area contributed by atoms with E-state index in [9.17, 15) is 4.79 Å². The van der Waals surface area contributed by atoms with E-state index in [1.54, 1.807) is 24.7 Å². The Morgan fingerprint density at radius 2 is 2.05 bits per heavy atom. The molecule has 0 saturated heterocycles. The molecule has 0 bridgehead atoms. The van der Waals surface area contributed by atoms with Crippen molar-refractivity contribution in [1.29, 1.82) is 5.26 Å². The fraction of sp³-hybridized carbons (Fsp3) is 0.200. The Morgan fingerprint density at radius 3 is 2.71 bits per heavy atom. The van der Waals surface area contributed by atoms with Gasteiger partial charge in [-0.3, -0.25) is 9.78 Å². The molecule has 0 fully saturated rings. The Bertz CT molecular complexity index is 666. The minimum absolute atomic E-state index is 0.119. The number of hydrogen-bond acceptors (Lipinski definition) is 6. The number of ether oxygens (including phenoxy) is 2. The molecular formula is C15H13N3O3. The van der Waals surface area contributed by atoms with Crippen LogP contribution in [0, 0.1) is 11.3 Å². The second-order valence-electron chi connectivity index (χ2n) is 4.11. The lowest BCUT2D eigenvalue weighted by Gasteiger charge is -2.08. The summed E-state index contributed by atoms with van der Waals surface area (Å²) in [5.41, 5.74) is 2.05. The maximum Gasteiger partial charge on any atom is 0.302 e. The first-order valence-corrected chi connectivity index (χ1v) is 6.27. The van der Waals surface area contributed by atoms with Gasteiger partial charge in [0.15, 0.2) is 0 Å². The summed E-state index contributed by atoms with van der Waals surface area (Å²) in [7, 11) is 0. The standard InChI is InChI=1S/C15H13N3O3/c1-11(19)20-6-7-21-15-13(9-16)8-14(10-18-15)12-2-4-17-5-3-12/h2-5,8,10H,6-7H2,1H3. The summed E-state index contributed by atoms with van der Waals surface area (Å²) in [6, 6.07) is 7.41. The van der Waals surface area contributed by atoms with E-state index >= 15 is 0 Å². The zero-order chi connectivity index (χ0) is 15.1. The van der Waals surface area contributed by atoms with Gasteiger partial charge in [-0.25, -0.2) is 4.98 Å². The maximum absolute atomic E-state index is 10.6. The molecule has 0 spiro atoms. The van der Waals surface area contributed by atoms with Crippen LogP contribution in [0.25, 0.3) is 11.1 Å². The van der Waals surface area contributed by atoms with Crippen molar-refractivity contribution in [2.24, 2.45) is 0 Å². The minimum Gasteiger partial charge on any atom is -0.473 e. The average Bonchev–Trinajstić information content (AvgIpc) is 2.52. The van der Waals surface area contributed by atoms with Crippen LogP contribution in [0.15, 0.2) is 36.8 Å². The van der Waals surface area contributed by atoms with Gasteiger partial charge >= 0.3 is 5.97 Å². The molecule has 0 saturated carbocycles. The van der Waals surface area contributed by atoms with Gasteiger partial charge in [-0.15, -0.1) is 0 Å². The van der Waals surface area contributed by atoms with Crippen molar-refractivity contribution in [3.8, 4) is 23.1 Å². The Hall–Kier alpha value is -2.94. The van der Waals surface area contributed by atoms with Gasteiger partial charge in [-0.1, -0.05) is 0 Å². The Kier molecular flexibility index (Phi) is 4.83. The van der Waals surface area contributed by atoms with Gasteiger partial charge in [0, 0.05) is 31.1 Å². The first-order valence-electron chi connectivity index (χ1n) is 6.27. The molecule has 0 amide bonds. The third-order valence-electron chi connectivity index (χ3n) is 2.61. The molecule has 6 nitrogen and oxygen atoms in total. The first kappa shape index (κ1) is 14.5. The number of pyridine rings is 2. The summed E-state index contributed by atoms with van der Waals surface area (Å²) in [5, 5.41) is 9.17. The van der Waals surface area contributed by atoms with E-state index in [4.69, 9.17) is 14.7 Å². The van der Waals surface area contributed by atoms with Crippen molar-refractivity contribution < 1.29 is 14.3 Å². The molecule has 0 N–H and O–H groups in total. The minimum atomic E-state index is -0.375. The SMILES string of the molecule is CC(=O)OCCOc1ncc(-c2ccncc2)cc1C#N. The topological polar surface area (TPSA) is 85.1 Å². The Morgan fingerprint density at radius 1 is 1.29 bits per heavy atom. The molecular weight excluding hydrogens is 270 g/mol. The summed E-state index contributed by atoms with van der Waals surface area (Å²) in [6.07, 6.45) is 4.97. The molecule has 0 unspecified atom stereocenters. The summed E-state index contributed by atoms with van der Waals surface area (Å²) in [6.45, 7) is 1.59. The van der Waals surface area contributed by atoms with Gasteiger partial charge in [0.05, 0.1) is 0 Å². The van der Waals surface area contributed by atoms with Crippen LogP contribution in [0.4, 0.5) is 0 Å². The molecule has 0 radical (unpaired) electrons. The third-order valence-corrected chi connectivity index (χ3v) is 2.61. The highest BCUT2D eigenvalue weighted by Gasteiger charge is 2.08. The predicted octanol–water partition coefficient (Wildman–Crippen LogP) is 1.96. The van der Waals surface area contributed by atoms with Crippen LogP contribution in [0.1, 0.15) is 12.5 Å². The van der Waals surface area contributed by atoms with E-state index < -0.39 is 0 Å². The van der Waals surface area contributed by atoms with Crippen LogP contribution >= 0.6 is 0 Å². The van der Waals surface area contributed by atoms with Crippen molar-refractivity contribution in [3.05, 3.63) is 42.4 Å². The molecule has 0 aliphatic rings. The molecule has 21 heavy (non-hydrogen) atoms. The molecule has 2 rings (SSSR count). The van der Waals surface area contributed by atoms with Crippen LogP contribution in [-0.2, 0) is 9.53 Å². The van der Waals surface area contributed by atoms with E-state index in [1.807, 2.05) is 18.2 Å². The number of nitrogens with zero attached hydrogens (tertiary/aromatic N) is 3. The highest BCUT2D eigenvalue weighted by molar-refractivity contribution is 5.66. The zero-order valence-corrected chi connectivity index (χ0v) is 11.4. The summed E-state index contributed by atoms with van der Waals surface area (Å²) < 4.78 is 10.1. The zero-order valence-electron chi connectivity index (χ0n) is 11.4. The van der Waals surface area contributed by atoms with Crippen LogP contribution < -0.4 is 4.74 Å². The van der Waals surface area contributed by atoms with Gasteiger partial charge < -0.3 is 9.47 Å². The summed E-state index contributed by atoms with van der Waals surface area (Å²) in [4.78, 5) is 18.7. The number of hydrogen-bond donors (Lipinski definition) is 0. The van der Waals surface area contributed by atoms with E-state index in [1.165, 1.54) is 6.92 Å². The van der Waals surface area contributed by atoms with Crippen LogP contribution in [-0.4, -0.2) is 29.2 Å². The van der Waals surface area contributed by atoms with Crippen molar-refractivity contribution in [1.82, 2.24) is 9.97 Å². The second-order valence-corrected chi connectivity index (χ2v) is 4.11. The third kappa shape index (κ3) is 4.01. The van der Waals surface area contributed by atoms with Crippen LogP contribution in [0.3, 0.4) is 0 Å². The molecule has 0 aliphatic carbocycles. The number of carbonyl (C=O) groups excluding carboxylic acids is 1. The lowest BCUT2D eigenvalue weighted by atomic mass is 10.1. The lowest BCUT2D eigenvalue weighted by molar-refractivity contribution is -0.141. The maximum atomic E-state index is 10.6. The normalized spacial score (nSPS) is 9.71. The van der Waals surface area contributed by atoms with Crippen molar-refractivity contribution in [2.75, 3.05) is 13.2 Å². The van der Waals surface area contributed by atoms with E-state index in [2.05, 4.69) is 9.97 Å². The average molecular weight is 283 g/mol. The van der Waals surface area contributed by atoms with Gasteiger partial charge in [-0.2, -0.15) is 5.26 Å². The highest BCUT2D eigenvalue weighted by Crippen LogP contribution is 2.23. The van der Waals surface area contributed by atoms with E-state index in [-0.39, 0.29) is 25.1 Å². The van der Waals surface area contributed by atoms with Crippen molar-refractivity contribution >= 4 is 5.97 Å². The molecule has 2 heterocycles. The molecule has 106 valence electrons. The quantitative estimate of drug-likeness (QED) is 0.616. The van der Waals surface area contributed by atoms with Crippen LogP contribution in [0.2, 0.25) is 0 Å². The number of aromatic nitrogens is 2. The largest absolute Gasteiger partial charge is 0.473 e. The van der Waals surface area contributed by atoms with Gasteiger partial charge in [0.2, 0.25) is 5.88 Å². The van der Waals surface area contributed by atoms with Gasteiger partial charge in [0.25, 0.3) is 0 Å². The second kappa shape index (κ2) is 7.01. The summed E-state index contributed by atoms with van der Waals surface area (Å²) in [5.74, 6) is -0.150. The number of nitriles is 1. The predicted molar refractivity (Wildman–Crippen MR) is 74.3 cm³/mol. The first-order chi connectivity index (χ1) is 10.2. The number of carbonyl (C=O) groups is 1. The van der Waals surface area contributed by atoms with E-state index in [0.29, 0.717) is 5.56 Å². The molecule has 6 heteroatoms. The fourth-order valence-electron chi connectivity index (χ4n) is 1.67. The van der Waals surface area contributed by atoms with Gasteiger partial charge in [-0.05, 0) is 23.8 Å². The van der Waals surface area contributed by atoms with E-state index in [0.717, 1.165) is 11.1 Å². The van der Waals surface area contributed by atoms with Crippen molar-refractivity contribution in [3.63, 3.8) is 0 Å².